The second-order valence-corrected chi connectivity index (χ2v) is 6.81. The van der Waals surface area contributed by atoms with E-state index in [0.717, 1.165) is 25.2 Å². The number of hydrogen-bond donors (Lipinski definition) is 3. The van der Waals surface area contributed by atoms with Gasteiger partial charge in [0, 0.05) is 24.4 Å². The van der Waals surface area contributed by atoms with Crippen molar-refractivity contribution in [1.82, 2.24) is 15.2 Å². The molecule has 1 aliphatic heterocycles. The number of aromatic hydroxyl groups is 1. The molecule has 0 fully saturated rings. The number of fused-ring (bicyclic) bond motifs is 1. The highest BCUT2D eigenvalue weighted by Crippen LogP contribution is 2.27. The zero-order valence-electron chi connectivity index (χ0n) is 13.6. The Morgan fingerprint density at radius 2 is 2.17 bits per heavy atom. The molecule has 0 saturated heterocycles. The van der Waals surface area contributed by atoms with Gasteiger partial charge in [0.1, 0.15) is 11.5 Å². The van der Waals surface area contributed by atoms with Crippen LogP contribution in [0.3, 0.4) is 0 Å². The summed E-state index contributed by atoms with van der Waals surface area (Å²) < 4.78 is 5.57. The minimum atomic E-state index is -0.518. The predicted molar refractivity (Wildman–Crippen MR) is 92.5 cm³/mol. The predicted octanol–water partition coefficient (Wildman–Crippen LogP) is 2.38. The largest absolute Gasteiger partial charge is 0.508 e. The van der Waals surface area contributed by atoms with E-state index in [1.165, 1.54) is 28.3 Å². The van der Waals surface area contributed by atoms with Crippen LogP contribution in [0.5, 0.6) is 11.5 Å². The van der Waals surface area contributed by atoms with E-state index in [1.54, 1.807) is 19.1 Å². The normalized spacial score (nSPS) is 15.4. The van der Waals surface area contributed by atoms with E-state index < -0.39 is 6.23 Å². The van der Waals surface area contributed by atoms with Gasteiger partial charge in [-0.3, -0.25) is 5.32 Å². The number of carbonyl (C=O) groups is 1. The first-order valence-electron chi connectivity index (χ1n) is 7.70. The molecule has 0 bridgehead atoms. The number of benzene rings is 1. The van der Waals surface area contributed by atoms with Crippen molar-refractivity contribution in [1.29, 1.82) is 0 Å². The van der Waals surface area contributed by atoms with Gasteiger partial charge in [-0.25, -0.2) is 9.78 Å². The number of nitrogens with zero attached hydrogens (tertiary/aromatic N) is 2. The molecule has 2 aromatic rings. The number of likely N-dealkylation sites (N-methyl/N-ethyl adjacent to an activating group) is 1. The minimum Gasteiger partial charge on any atom is -0.508 e. The van der Waals surface area contributed by atoms with Gasteiger partial charge in [-0.1, -0.05) is 0 Å². The van der Waals surface area contributed by atoms with Crippen molar-refractivity contribution < 1.29 is 14.6 Å². The summed E-state index contributed by atoms with van der Waals surface area (Å²) in [6, 6.07) is 5.97. The first-order valence-corrected chi connectivity index (χ1v) is 8.51. The third-order valence-corrected chi connectivity index (χ3v) is 4.62. The van der Waals surface area contributed by atoms with Crippen molar-refractivity contribution >= 4 is 22.5 Å². The number of phenols is 1. The molecule has 128 valence electrons. The van der Waals surface area contributed by atoms with Crippen molar-refractivity contribution in [2.24, 2.45) is 0 Å². The smallest absolute Gasteiger partial charge is 0.323 e. The lowest BCUT2D eigenvalue weighted by atomic mass is 10.2. The molecule has 0 aliphatic carbocycles. The zero-order valence-corrected chi connectivity index (χ0v) is 14.4. The number of thiazole rings is 1. The second-order valence-electron chi connectivity index (χ2n) is 5.73. The first kappa shape index (κ1) is 16.5. The summed E-state index contributed by atoms with van der Waals surface area (Å²) in [5, 5.41) is 15.3. The van der Waals surface area contributed by atoms with E-state index in [4.69, 9.17) is 4.74 Å². The average molecular weight is 348 g/mol. The molecular formula is C16H20N4O3S. The molecule has 3 rings (SSSR count). The van der Waals surface area contributed by atoms with Crippen LogP contribution in [-0.4, -0.2) is 40.8 Å². The van der Waals surface area contributed by atoms with Crippen LogP contribution >= 0.6 is 11.3 Å². The number of phenolic OH excluding ortho intramolecular Hbond substituents is 1. The van der Waals surface area contributed by atoms with Gasteiger partial charge < -0.3 is 20.1 Å². The summed E-state index contributed by atoms with van der Waals surface area (Å²) in [5.74, 6) is 0.729. The third-order valence-electron chi connectivity index (χ3n) is 3.63. The van der Waals surface area contributed by atoms with E-state index in [9.17, 15) is 9.90 Å². The Balaban J connectivity index is 1.52. The first-order chi connectivity index (χ1) is 11.5. The maximum Gasteiger partial charge on any atom is 0.323 e. The maximum absolute atomic E-state index is 12.1. The Labute approximate surface area is 144 Å². The second kappa shape index (κ2) is 7.06. The van der Waals surface area contributed by atoms with Crippen molar-refractivity contribution in [3.8, 4) is 11.5 Å². The summed E-state index contributed by atoms with van der Waals surface area (Å²) in [7, 11) is 2.07. The van der Waals surface area contributed by atoms with Crippen LogP contribution in [0, 0.1) is 0 Å². The molecule has 1 unspecified atom stereocenters. The highest BCUT2D eigenvalue weighted by atomic mass is 32.1. The van der Waals surface area contributed by atoms with E-state index in [0.29, 0.717) is 10.9 Å². The molecule has 8 heteroatoms. The van der Waals surface area contributed by atoms with Crippen molar-refractivity contribution in [3.05, 3.63) is 34.8 Å². The highest BCUT2D eigenvalue weighted by molar-refractivity contribution is 7.15. The molecule has 0 saturated carbocycles. The number of aromatic nitrogens is 1. The van der Waals surface area contributed by atoms with Crippen LogP contribution in [0.2, 0.25) is 0 Å². The number of amides is 2. The van der Waals surface area contributed by atoms with Crippen LogP contribution in [0.4, 0.5) is 9.93 Å². The standard InChI is InChI=1S/C16H20N4O3S/c1-10(23-12-5-3-11(21)4-6-12)17-15(22)19-16-18-13-7-8-20(2)9-14(13)24-16/h3-6,10,21H,7-9H2,1-2H3,(H2,17,18,19,22). The van der Waals surface area contributed by atoms with Gasteiger partial charge in [0.25, 0.3) is 0 Å². The molecule has 1 aromatic carbocycles. The summed E-state index contributed by atoms with van der Waals surface area (Å²) in [6.07, 6.45) is 0.390. The molecule has 7 nitrogen and oxygen atoms in total. The Hall–Kier alpha value is -2.32. The van der Waals surface area contributed by atoms with Gasteiger partial charge in [-0.15, -0.1) is 11.3 Å². The lowest BCUT2D eigenvalue weighted by molar-refractivity contribution is 0.183. The van der Waals surface area contributed by atoms with E-state index in [1.807, 2.05) is 0 Å². The summed E-state index contributed by atoms with van der Waals surface area (Å²) in [6.45, 7) is 3.59. The lowest BCUT2D eigenvalue weighted by Crippen LogP contribution is -2.39. The summed E-state index contributed by atoms with van der Waals surface area (Å²) in [5.41, 5.74) is 1.07. The average Bonchev–Trinajstić information content (AvgIpc) is 2.90. The van der Waals surface area contributed by atoms with Crippen LogP contribution in [0.15, 0.2) is 24.3 Å². The summed E-state index contributed by atoms with van der Waals surface area (Å²) in [4.78, 5) is 20.0. The van der Waals surface area contributed by atoms with E-state index >= 15 is 0 Å². The Kier molecular flexibility index (Phi) is 4.86. The number of carbonyl (C=O) groups excluding carboxylic acids is 1. The molecule has 1 aliphatic rings. The Bertz CT molecular complexity index is 717. The van der Waals surface area contributed by atoms with Gasteiger partial charge in [0.15, 0.2) is 11.4 Å². The number of ether oxygens (including phenoxy) is 1. The molecule has 0 radical (unpaired) electrons. The third kappa shape index (κ3) is 4.15. The molecule has 1 aromatic heterocycles. The van der Waals surface area contributed by atoms with Crippen LogP contribution in [-0.2, 0) is 13.0 Å². The van der Waals surface area contributed by atoms with Gasteiger partial charge in [-0.2, -0.15) is 0 Å². The van der Waals surface area contributed by atoms with Gasteiger partial charge >= 0.3 is 6.03 Å². The van der Waals surface area contributed by atoms with Crippen molar-refractivity contribution in [2.45, 2.75) is 26.1 Å². The SMILES string of the molecule is CC(NC(=O)Nc1nc2c(s1)CN(C)CC2)Oc1ccc(O)cc1. The van der Waals surface area contributed by atoms with Crippen LogP contribution < -0.4 is 15.4 Å². The molecule has 0 spiro atoms. The number of nitrogens with one attached hydrogen (secondary N) is 2. The van der Waals surface area contributed by atoms with Gasteiger partial charge in [-0.05, 0) is 38.2 Å². The molecule has 2 amide bonds. The number of hydrogen-bond acceptors (Lipinski definition) is 6. The topological polar surface area (TPSA) is 86.7 Å². The zero-order chi connectivity index (χ0) is 17.1. The van der Waals surface area contributed by atoms with Crippen molar-refractivity contribution in [3.63, 3.8) is 0 Å². The Morgan fingerprint density at radius 1 is 1.42 bits per heavy atom. The highest BCUT2D eigenvalue weighted by Gasteiger charge is 2.19. The monoisotopic (exact) mass is 348 g/mol. The quantitative estimate of drug-likeness (QED) is 0.739. The molecular weight excluding hydrogens is 328 g/mol. The molecule has 3 N–H and O–H groups in total. The number of anilines is 1. The van der Waals surface area contributed by atoms with Gasteiger partial charge in [0.05, 0.1) is 5.69 Å². The Morgan fingerprint density at radius 3 is 2.92 bits per heavy atom. The number of urea groups is 1. The van der Waals surface area contributed by atoms with E-state index in [-0.39, 0.29) is 11.8 Å². The van der Waals surface area contributed by atoms with E-state index in [2.05, 4.69) is 27.6 Å². The fourth-order valence-electron chi connectivity index (χ4n) is 2.45. The lowest BCUT2D eigenvalue weighted by Gasteiger charge is -2.20. The molecule has 1 atom stereocenters. The fraction of sp³-hybridized carbons (Fsp3) is 0.375. The maximum atomic E-state index is 12.1. The minimum absolute atomic E-state index is 0.166. The molecule has 2 heterocycles. The van der Waals surface area contributed by atoms with Gasteiger partial charge in [0.2, 0.25) is 0 Å². The van der Waals surface area contributed by atoms with Crippen LogP contribution in [0.1, 0.15) is 17.5 Å². The fourth-order valence-corrected chi connectivity index (χ4v) is 3.54. The number of rotatable bonds is 4. The summed E-state index contributed by atoms with van der Waals surface area (Å²) >= 11 is 1.51. The van der Waals surface area contributed by atoms with Crippen LogP contribution in [0.25, 0.3) is 0 Å². The van der Waals surface area contributed by atoms with Crippen molar-refractivity contribution in [2.75, 3.05) is 18.9 Å². The molecule has 24 heavy (non-hydrogen) atoms.